The fraction of sp³-hybridized carbons (Fsp3) is 0.158. The van der Waals surface area contributed by atoms with E-state index in [0.29, 0.717) is 23.3 Å². The first kappa shape index (κ1) is 17.3. The van der Waals surface area contributed by atoms with Crippen LogP contribution in [0.1, 0.15) is 23.0 Å². The predicted molar refractivity (Wildman–Crippen MR) is 101 cm³/mol. The quantitative estimate of drug-likeness (QED) is 0.672. The lowest BCUT2D eigenvalue weighted by atomic mass is 9.96. The molecule has 3 aromatic rings. The summed E-state index contributed by atoms with van der Waals surface area (Å²) >= 11 is 0. The molecule has 26 heavy (non-hydrogen) atoms. The fourth-order valence-corrected chi connectivity index (χ4v) is 2.81. The van der Waals surface area contributed by atoms with Gasteiger partial charge in [0, 0.05) is 35.6 Å². The van der Waals surface area contributed by atoms with E-state index in [0.717, 1.165) is 22.2 Å². The molecule has 0 aliphatic rings. The van der Waals surface area contributed by atoms with Crippen LogP contribution in [-0.2, 0) is 0 Å². The first-order valence-corrected chi connectivity index (χ1v) is 8.20. The number of nitrogens with zero attached hydrogens (tertiary/aromatic N) is 2. The van der Waals surface area contributed by atoms with Crippen LogP contribution in [0.3, 0.4) is 0 Å². The van der Waals surface area contributed by atoms with E-state index >= 15 is 0 Å². The van der Waals surface area contributed by atoms with Gasteiger partial charge in [0.15, 0.2) is 0 Å². The van der Waals surface area contributed by atoms with Gasteiger partial charge in [-0.2, -0.15) is 0 Å². The third kappa shape index (κ3) is 3.46. The summed E-state index contributed by atoms with van der Waals surface area (Å²) in [6.45, 7) is 4.25. The van der Waals surface area contributed by atoms with Crippen molar-refractivity contribution in [2.24, 2.45) is 5.73 Å². The molecule has 3 amide bonds. The Morgan fingerprint density at radius 3 is 2.62 bits per heavy atom. The topological polar surface area (TPSA) is 110 Å². The second-order valence-electron chi connectivity index (χ2n) is 5.81. The summed E-state index contributed by atoms with van der Waals surface area (Å²) < 4.78 is 0. The first-order valence-electron chi connectivity index (χ1n) is 8.20. The van der Waals surface area contributed by atoms with Crippen LogP contribution in [0.4, 0.5) is 10.6 Å². The lowest BCUT2D eigenvalue weighted by Crippen LogP contribution is -2.28. The SMILES string of the molecule is CCNC(=O)Nc1cc2c(-c3ccnc(C)c3)ccc(C(N)=O)c2cn1. The molecule has 132 valence electrons. The number of urea groups is 1. The first-order chi connectivity index (χ1) is 12.5. The zero-order chi connectivity index (χ0) is 18.7. The molecule has 3 rings (SSSR count). The lowest BCUT2D eigenvalue weighted by Gasteiger charge is -2.12. The number of nitrogens with two attached hydrogens (primary N) is 1. The van der Waals surface area contributed by atoms with E-state index in [2.05, 4.69) is 20.6 Å². The number of amides is 3. The van der Waals surface area contributed by atoms with Gasteiger partial charge in [-0.3, -0.25) is 15.1 Å². The van der Waals surface area contributed by atoms with E-state index in [1.807, 2.05) is 32.0 Å². The van der Waals surface area contributed by atoms with Crippen molar-refractivity contribution in [3.05, 3.63) is 54.0 Å². The Hall–Kier alpha value is -3.48. The molecular formula is C19H19N5O2. The summed E-state index contributed by atoms with van der Waals surface area (Å²) in [5.74, 6) is -0.143. The molecule has 1 aromatic carbocycles. The third-order valence-electron chi connectivity index (χ3n) is 3.95. The van der Waals surface area contributed by atoms with Crippen molar-refractivity contribution >= 4 is 28.5 Å². The van der Waals surface area contributed by atoms with Crippen LogP contribution in [0.15, 0.2) is 42.7 Å². The predicted octanol–water partition coefficient (Wildman–Crippen LogP) is 2.85. The molecule has 2 heterocycles. The van der Waals surface area contributed by atoms with Crippen molar-refractivity contribution in [1.82, 2.24) is 15.3 Å². The maximum atomic E-state index is 11.8. The summed E-state index contributed by atoms with van der Waals surface area (Å²) in [6.07, 6.45) is 3.28. The van der Waals surface area contributed by atoms with E-state index in [-0.39, 0.29) is 6.03 Å². The Bertz CT molecular complexity index is 1000. The van der Waals surface area contributed by atoms with Crippen LogP contribution >= 0.6 is 0 Å². The van der Waals surface area contributed by atoms with Gasteiger partial charge in [-0.15, -0.1) is 0 Å². The Kier molecular flexibility index (Phi) is 4.79. The molecule has 0 aliphatic carbocycles. The van der Waals surface area contributed by atoms with Crippen molar-refractivity contribution in [3.8, 4) is 11.1 Å². The third-order valence-corrected chi connectivity index (χ3v) is 3.95. The summed E-state index contributed by atoms with van der Waals surface area (Å²) in [7, 11) is 0. The number of hydrogen-bond donors (Lipinski definition) is 3. The number of rotatable bonds is 4. The normalized spacial score (nSPS) is 10.5. The maximum absolute atomic E-state index is 11.8. The van der Waals surface area contributed by atoms with Crippen molar-refractivity contribution in [3.63, 3.8) is 0 Å². The van der Waals surface area contributed by atoms with Gasteiger partial charge in [-0.1, -0.05) is 6.07 Å². The van der Waals surface area contributed by atoms with Crippen LogP contribution < -0.4 is 16.4 Å². The number of benzene rings is 1. The molecule has 0 spiro atoms. The summed E-state index contributed by atoms with van der Waals surface area (Å²) in [5, 5.41) is 6.74. The van der Waals surface area contributed by atoms with Crippen molar-refractivity contribution in [2.45, 2.75) is 13.8 Å². The second-order valence-corrected chi connectivity index (χ2v) is 5.81. The van der Waals surface area contributed by atoms with Gasteiger partial charge in [0.1, 0.15) is 5.82 Å². The van der Waals surface area contributed by atoms with E-state index in [9.17, 15) is 9.59 Å². The highest BCUT2D eigenvalue weighted by molar-refractivity contribution is 6.11. The molecular weight excluding hydrogens is 330 g/mol. The van der Waals surface area contributed by atoms with Crippen molar-refractivity contribution < 1.29 is 9.59 Å². The summed E-state index contributed by atoms with van der Waals surface area (Å²) in [5.41, 5.74) is 8.61. The number of pyridine rings is 2. The maximum Gasteiger partial charge on any atom is 0.320 e. The molecule has 0 atom stereocenters. The standard InChI is InChI=1S/C19H19N5O2/c1-3-21-19(26)24-17-9-15-13(12-6-7-22-11(2)8-12)4-5-14(18(20)25)16(15)10-23-17/h4-10H,3H2,1-2H3,(H2,20,25)(H2,21,23,24,26). The molecule has 0 saturated carbocycles. The van der Waals surface area contributed by atoms with Crippen LogP contribution in [0, 0.1) is 6.92 Å². The molecule has 0 fully saturated rings. The molecule has 0 unspecified atom stereocenters. The van der Waals surface area contributed by atoms with Crippen LogP contribution in [-0.4, -0.2) is 28.5 Å². The highest BCUT2D eigenvalue weighted by Crippen LogP contribution is 2.32. The van der Waals surface area contributed by atoms with Crippen LogP contribution in [0.25, 0.3) is 21.9 Å². The lowest BCUT2D eigenvalue weighted by molar-refractivity contribution is 0.100. The highest BCUT2D eigenvalue weighted by Gasteiger charge is 2.13. The van der Waals surface area contributed by atoms with Gasteiger partial charge in [-0.25, -0.2) is 9.78 Å². The number of anilines is 1. The van der Waals surface area contributed by atoms with E-state index in [4.69, 9.17) is 5.73 Å². The second kappa shape index (κ2) is 7.18. The zero-order valence-electron chi connectivity index (χ0n) is 14.5. The number of carbonyl (C=O) groups is 2. The monoisotopic (exact) mass is 349 g/mol. The van der Waals surface area contributed by atoms with Gasteiger partial charge in [0.2, 0.25) is 5.91 Å². The number of primary amides is 1. The van der Waals surface area contributed by atoms with E-state index < -0.39 is 5.91 Å². The molecule has 7 nitrogen and oxygen atoms in total. The van der Waals surface area contributed by atoms with Crippen LogP contribution in [0.5, 0.6) is 0 Å². The molecule has 0 aliphatic heterocycles. The Morgan fingerprint density at radius 2 is 1.92 bits per heavy atom. The minimum Gasteiger partial charge on any atom is -0.366 e. The number of aromatic nitrogens is 2. The average molecular weight is 349 g/mol. The number of aryl methyl sites for hydroxylation is 1. The minimum atomic E-state index is -0.529. The van der Waals surface area contributed by atoms with Gasteiger partial charge in [-0.05, 0) is 54.6 Å². The minimum absolute atomic E-state index is 0.341. The number of hydrogen-bond acceptors (Lipinski definition) is 4. The van der Waals surface area contributed by atoms with Crippen LogP contribution in [0.2, 0.25) is 0 Å². The highest BCUT2D eigenvalue weighted by atomic mass is 16.2. The van der Waals surface area contributed by atoms with Gasteiger partial charge in [0.05, 0.1) is 0 Å². The Balaban J connectivity index is 2.19. The molecule has 0 bridgehead atoms. The Labute approximate surface area is 150 Å². The number of nitrogens with one attached hydrogen (secondary N) is 2. The zero-order valence-corrected chi connectivity index (χ0v) is 14.5. The molecule has 4 N–H and O–H groups in total. The van der Waals surface area contributed by atoms with Crippen molar-refractivity contribution in [2.75, 3.05) is 11.9 Å². The fourth-order valence-electron chi connectivity index (χ4n) is 2.81. The average Bonchev–Trinajstić information content (AvgIpc) is 2.60. The largest absolute Gasteiger partial charge is 0.366 e. The number of fused-ring (bicyclic) bond motifs is 1. The number of carbonyl (C=O) groups excluding carboxylic acids is 2. The smallest absolute Gasteiger partial charge is 0.320 e. The molecule has 2 aromatic heterocycles. The Morgan fingerprint density at radius 1 is 1.12 bits per heavy atom. The van der Waals surface area contributed by atoms with E-state index in [1.165, 1.54) is 0 Å². The molecule has 0 radical (unpaired) electrons. The van der Waals surface area contributed by atoms with Gasteiger partial charge in [0.25, 0.3) is 0 Å². The molecule has 7 heteroatoms. The van der Waals surface area contributed by atoms with Gasteiger partial charge < -0.3 is 11.1 Å². The molecule has 0 saturated heterocycles. The summed E-state index contributed by atoms with van der Waals surface area (Å²) in [4.78, 5) is 32.0. The summed E-state index contributed by atoms with van der Waals surface area (Å²) in [6, 6.07) is 8.77. The van der Waals surface area contributed by atoms with Gasteiger partial charge >= 0.3 is 6.03 Å². The van der Waals surface area contributed by atoms with E-state index in [1.54, 1.807) is 24.5 Å². The van der Waals surface area contributed by atoms with Crippen molar-refractivity contribution in [1.29, 1.82) is 0 Å².